The van der Waals surface area contributed by atoms with E-state index in [4.69, 9.17) is 0 Å². The van der Waals surface area contributed by atoms with Gasteiger partial charge in [0.15, 0.2) is 9.84 Å². The third-order valence-electron chi connectivity index (χ3n) is 3.01. The molecule has 1 N–H and O–H groups in total. The lowest BCUT2D eigenvalue weighted by atomic mass is 10.1. The highest BCUT2D eigenvalue weighted by Crippen LogP contribution is 2.28. The van der Waals surface area contributed by atoms with Crippen molar-refractivity contribution in [3.63, 3.8) is 0 Å². The molecule has 0 aromatic heterocycles. The molecule has 3 nitrogen and oxygen atoms in total. The average Bonchev–Trinajstić information content (AvgIpc) is 2.65. The van der Waals surface area contributed by atoms with E-state index in [0.29, 0.717) is 0 Å². The molecule has 4 heteroatoms. The van der Waals surface area contributed by atoms with Gasteiger partial charge in [-0.1, -0.05) is 18.2 Å². The molecule has 0 spiro atoms. The first-order valence-corrected chi connectivity index (χ1v) is 7.28. The second-order valence-electron chi connectivity index (χ2n) is 4.48. The predicted octanol–water partition coefficient (Wildman–Crippen LogP) is 1.98. The Morgan fingerprint density at radius 3 is 2.81 bits per heavy atom. The van der Waals surface area contributed by atoms with Gasteiger partial charge in [-0.15, -0.1) is 0 Å². The van der Waals surface area contributed by atoms with Gasteiger partial charge in [0.2, 0.25) is 0 Å². The second-order valence-corrected chi connectivity index (χ2v) is 7.04. The molecule has 16 heavy (non-hydrogen) atoms. The summed E-state index contributed by atoms with van der Waals surface area (Å²) in [5.41, 5.74) is 3.17. The molecule has 1 aliphatic heterocycles. The summed E-state index contributed by atoms with van der Waals surface area (Å²) in [4.78, 5) is 0. The van der Waals surface area contributed by atoms with Crippen molar-refractivity contribution in [3.05, 3.63) is 29.3 Å². The summed E-state index contributed by atoms with van der Waals surface area (Å²) in [7, 11) is -3.01. The Bertz CT molecular complexity index is 492. The zero-order valence-corrected chi connectivity index (χ0v) is 10.5. The maximum absolute atomic E-state index is 11.9. The van der Waals surface area contributed by atoms with Crippen LogP contribution < -0.4 is 5.32 Å². The molecular formula is C12H17NO2S. The van der Waals surface area contributed by atoms with Crippen LogP contribution in [0.25, 0.3) is 0 Å². The summed E-state index contributed by atoms with van der Waals surface area (Å²) in [6, 6.07) is 5.90. The summed E-state index contributed by atoms with van der Waals surface area (Å²) in [6.07, 6.45) is 0.991. The lowest BCUT2D eigenvalue weighted by Crippen LogP contribution is -2.16. The first kappa shape index (κ1) is 11.5. The maximum atomic E-state index is 11.9. The molecule has 0 amide bonds. The lowest BCUT2D eigenvalue weighted by molar-refractivity contribution is 0.586. The molecule has 0 fully saturated rings. The molecule has 0 aliphatic carbocycles. The molecule has 1 aliphatic rings. The van der Waals surface area contributed by atoms with Crippen molar-refractivity contribution >= 4 is 15.5 Å². The molecule has 0 atom stereocenters. The number of sulfone groups is 1. The monoisotopic (exact) mass is 239 g/mol. The molecule has 0 radical (unpaired) electrons. The normalized spacial score (nSPS) is 14.9. The number of para-hydroxylation sites is 1. The summed E-state index contributed by atoms with van der Waals surface area (Å²) < 4.78 is 23.7. The van der Waals surface area contributed by atoms with Gasteiger partial charge in [-0.05, 0) is 31.4 Å². The van der Waals surface area contributed by atoms with Gasteiger partial charge in [0, 0.05) is 12.2 Å². The third kappa shape index (κ3) is 2.07. The van der Waals surface area contributed by atoms with E-state index in [1.165, 1.54) is 5.56 Å². The SMILES string of the molecule is CC(C)S(=O)(=O)Cc1cccc2c1NCC2. The van der Waals surface area contributed by atoms with Crippen LogP contribution in [0.1, 0.15) is 25.0 Å². The van der Waals surface area contributed by atoms with E-state index in [2.05, 4.69) is 11.4 Å². The van der Waals surface area contributed by atoms with Gasteiger partial charge in [-0.3, -0.25) is 0 Å². The molecule has 0 bridgehead atoms. The highest BCUT2D eigenvalue weighted by Gasteiger charge is 2.21. The Morgan fingerprint density at radius 2 is 2.12 bits per heavy atom. The van der Waals surface area contributed by atoms with E-state index in [0.717, 1.165) is 24.2 Å². The van der Waals surface area contributed by atoms with Crippen LogP contribution in [0.3, 0.4) is 0 Å². The fourth-order valence-electron chi connectivity index (χ4n) is 1.91. The standard InChI is InChI=1S/C12H17NO2S/c1-9(2)16(14,15)8-11-5-3-4-10-6-7-13-12(10)11/h3-5,9,13H,6-8H2,1-2H3. The molecule has 1 heterocycles. The first-order chi connectivity index (χ1) is 7.50. The fraction of sp³-hybridized carbons (Fsp3) is 0.500. The number of nitrogens with one attached hydrogen (secondary N) is 1. The van der Waals surface area contributed by atoms with E-state index in [1.807, 2.05) is 12.1 Å². The minimum Gasteiger partial charge on any atom is -0.384 e. The van der Waals surface area contributed by atoms with Crippen LogP contribution in [-0.4, -0.2) is 20.2 Å². The van der Waals surface area contributed by atoms with Crippen molar-refractivity contribution in [2.45, 2.75) is 31.3 Å². The number of hydrogen-bond acceptors (Lipinski definition) is 3. The molecule has 88 valence electrons. The first-order valence-electron chi connectivity index (χ1n) is 5.57. The van der Waals surface area contributed by atoms with Crippen LogP contribution >= 0.6 is 0 Å². The van der Waals surface area contributed by atoms with Crippen molar-refractivity contribution in [1.29, 1.82) is 0 Å². The topological polar surface area (TPSA) is 46.2 Å². The van der Waals surface area contributed by atoms with Crippen LogP contribution in [0.15, 0.2) is 18.2 Å². The molecule has 0 saturated carbocycles. The Hall–Kier alpha value is -1.03. The predicted molar refractivity (Wildman–Crippen MR) is 66.4 cm³/mol. The molecule has 1 aromatic carbocycles. The van der Waals surface area contributed by atoms with Crippen molar-refractivity contribution < 1.29 is 8.42 Å². The number of hydrogen-bond donors (Lipinski definition) is 1. The van der Waals surface area contributed by atoms with Crippen molar-refractivity contribution in [1.82, 2.24) is 0 Å². The molecule has 0 unspecified atom stereocenters. The lowest BCUT2D eigenvalue weighted by Gasteiger charge is -2.11. The van der Waals surface area contributed by atoms with Gasteiger partial charge in [-0.2, -0.15) is 0 Å². The van der Waals surface area contributed by atoms with E-state index < -0.39 is 9.84 Å². The maximum Gasteiger partial charge on any atom is 0.156 e. The third-order valence-corrected chi connectivity index (χ3v) is 5.16. The molecule has 2 rings (SSSR count). The summed E-state index contributed by atoms with van der Waals surface area (Å²) in [6.45, 7) is 4.37. The highest BCUT2D eigenvalue weighted by atomic mass is 32.2. The quantitative estimate of drug-likeness (QED) is 0.877. The van der Waals surface area contributed by atoms with E-state index >= 15 is 0 Å². The number of fused-ring (bicyclic) bond motifs is 1. The van der Waals surface area contributed by atoms with E-state index in [9.17, 15) is 8.42 Å². The number of rotatable bonds is 3. The zero-order valence-electron chi connectivity index (χ0n) is 9.66. The van der Waals surface area contributed by atoms with Crippen molar-refractivity contribution in [2.75, 3.05) is 11.9 Å². The highest BCUT2D eigenvalue weighted by molar-refractivity contribution is 7.91. The van der Waals surface area contributed by atoms with Gasteiger partial charge in [0.05, 0.1) is 11.0 Å². The smallest absolute Gasteiger partial charge is 0.156 e. The fourth-order valence-corrected chi connectivity index (χ4v) is 2.92. The van der Waals surface area contributed by atoms with E-state index in [1.54, 1.807) is 13.8 Å². The van der Waals surface area contributed by atoms with Crippen LogP contribution in [0.5, 0.6) is 0 Å². The molecular weight excluding hydrogens is 222 g/mol. The van der Waals surface area contributed by atoms with Crippen molar-refractivity contribution in [2.24, 2.45) is 0 Å². The van der Waals surface area contributed by atoms with Crippen molar-refractivity contribution in [3.8, 4) is 0 Å². The minimum atomic E-state index is -3.01. The average molecular weight is 239 g/mol. The van der Waals surface area contributed by atoms with Crippen LogP contribution in [-0.2, 0) is 22.0 Å². The van der Waals surface area contributed by atoms with Gasteiger partial charge in [-0.25, -0.2) is 8.42 Å². The number of anilines is 1. The largest absolute Gasteiger partial charge is 0.384 e. The van der Waals surface area contributed by atoms with E-state index in [-0.39, 0.29) is 11.0 Å². The molecule has 0 saturated heterocycles. The Morgan fingerprint density at radius 1 is 1.38 bits per heavy atom. The second kappa shape index (κ2) is 4.09. The van der Waals surface area contributed by atoms with Crippen LogP contribution in [0.2, 0.25) is 0 Å². The molecule has 1 aromatic rings. The summed E-state index contributed by atoms with van der Waals surface area (Å²) in [5, 5.41) is 2.95. The van der Waals surface area contributed by atoms with Gasteiger partial charge < -0.3 is 5.32 Å². The van der Waals surface area contributed by atoms with Gasteiger partial charge in [0.1, 0.15) is 0 Å². The van der Waals surface area contributed by atoms with Crippen LogP contribution in [0, 0.1) is 0 Å². The minimum absolute atomic E-state index is 0.140. The summed E-state index contributed by atoms with van der Waals surface area (Å²) in [5.74, 6) is 0.140. The van der Waals surface area contributed by atoms with Crippen LogP contribution in [0.4, 0.5) is 5.69 Å². The van der Waals surface area contributed by atoms with Gasteiger partial charge >= 0.3 is 0 Å². The number of benzene rings is 1. The Kier molecular flexibility index (Phi) is 2.93. The van der Waals surface area contributed by atoms with Gasteiger partial charge in [0.25, 0.3) is 0 Å². The zero-order chi connectivity index (χ0) is 11.8. The summed E-state index contributed by atoms with van der Waals surface area (Å²) >= 11 is 0. The Labute approximate surface area is 96.8 Å². The Balaban J connectivity index is 2.33.